The molecule has 0 bridgehead atoms. The first-order valence-corrected chi connectivity index (χ1v) is 11.2. The molecular weight excluding hydrogens is 420 g/mol. The number of rotatable bonds is 7. The van der Waals surface area contributed by atoms with Crippen molar-refractivity contribution in [1.29, 1.82) is 0 Å². The minimum Gasteiger partial charge on any atom is -0.379 e. The van der Waals surface area contributed by atoms with Gasteiger partial charge in [0.05, 0.1) is 31.0 Å². The van der Waals surface area contributed by atoms with E-state index < -0.39 is 0 Å². The van der Waals surface area contributed by atoms with E-state index in [9.17, 15) is 4.79 Å². The van der Waals surface area contributed by atoms with Crippen LogP contribution in [-0.4, -0.2) is 52.8 Å². The minimum atomic E-state index is -0.0580. The van der Waals surface area contributed by atoms with Gasteiger partial charge in [0.2, 0.25) is 5.91 Å². The summed E-state index contributed by atoms with van der Waals surface area (Å²) in [5, 5.41) is 5.38. The van der Waals surface area contributed by atoms with Crippen molar-refractivity contribution < 1.29 is 9.53 Å². The lowest BCUT2D eigenvalue weighted by atomic mass is 10.2. The average molecular weight is 443 g/mol. The predicted molar refractivity (Wildman–Crippen MR) is 120 cm³/mol. The molecule has 2 heterocycles. The highest BCUT2D eigenvalue weighted by Gasteiger charge is 2.15. The fraction of sp³-hybridized carbons (Fsp3) is 0.318. The molecule has 1 saturated heterocycles. The monoisotopic (exact) mass is 442 g/mol. The number of carbonyl (C=O) groups excluding carboxylic acids is 1. The Morgan fingerprint density at radius 1 is 1.10 bits per heavy atom. The summed E-state index contributed by atoms with van der Waals surface area (Å²) in [4.78, 5) is 24.2. The Kier molecular flexibility index (Phi) is 7.17. The molecule has 0 atom stereocenters. The molecule has 0 aliphatic carbocycles. The van der Waals surface area contributed by atoms with Gasteiger partial charge in [-0.05, 0) is 17.7 Å². The van der Waals surface area contributed by atoms with Gasteiger partial charge in [0.1, 0.15) is 10.9 Å². The van der Waals surface area contributed by atoms with Gasteiger partial charge >= 0.3 is 0 Å². The van der Waals surface area contributed by atoms with Crippen LogP contribution >= 0.6 is 23.4 Å². The van der Waals surface area contributed by atoms with E-state index in [2.05, 4.69) is 10.2 Å². The molecule has 0 spiro atoms. The average Bonchev–Trinajstić information content (AvgIpc) is 2.77. The number of thioether (sulfide) groups is 1. The molecule has 4 rings (SSSR count). The fourth-order valence-electron chi connectivity index (χ4n) is 3.25. The third kappa shape index (κ3) is 5.49. The summed E-state index contributed by atoms with van der Waals surface area (Å²) < 4.78 is 5.42. The standard InChI is InChI=1S/C22H23ClN4O2S/c23-18-7-3-1-5-16(18)13-24-21(28)15-30-22-17-6-2-4-8-19(17)25-20(26-22)14-27-9-11-29-12-10-27/h1-8H,9-15H2,(H,24,28). The minimum absolute atomic E-state index is 0.0580. The first kappa shape index (κ1) is 21.1. The molecule has 1 N–H and O–H groups in total. The number of hydrogen-bond donors (Lipinski definition) is 1. The van der Waals surface area contributed by atoms with Crippen LogP contribution in [0.5, 0.6) is 0 Å². The number of nitrogens with zero attached hydrogens (tertiary/aromatic N) is 3. The maximum absolute atomic E-state index is 12.4. The highest BCUT2D eigenvalue weighted by molar-refractivity contribution is 8.00. The van der Waals surface area contributed by atoms with Gasteiger partial charge in [-0.1, -0.05) is 59.8 Å². The highest BCUT2D eigenvalue weighted by atomic mass is 35.5. The molecule has 30 heavy (non-hydrogen) atoms. The van der Waals surface area contributed by atoms with E-state index in [0.717, 1.165) is 53.6 Å². The normalized spacial score (nSPS) is 14.7. The predicted octanol–water partition coefficient (Wildman–Crippen LogP) is 3.52. The molecule has 1 aliphatic rings. The molecule has 8 heteroatoms. The van der Waals surface area contributed by atoms with Crippen LogP contribution in [0.1, 0.15) is 11.4 Å². The summed E-state index contributed by atoms with van der Waals surface area (Å²) in [6.45, 7) is 4.32. The van der Waals surface area contributed by atoms with Crippen LogP contribution in [0.4, 0.5) is 0 Å². The molecule has 3 aromatic rings. The second-order valence-electron chi connectivity index (χ2n) is 7.01. The van der Waals surface area contributed by atoms with E-state index in [1.54, 1.807) is 0 Å². The van der Waals surface area contributed by atoms with E-state index in [4.69, 9.17) is 26.3 Å². The number of benzene rings is 2. The topological polar surface area (TPSA) is 67.4 Å². The Balaban J connectivity index is 1.43. The van der Waals surface area contributed by atoms with Gasteiger partial charge in [-0.3, -0.25) is 9.69 Å². The van der Waals surface area contributed by atoms with Crippen LogP contribution < -0.4 is 5.32 Å². The molecule has 1 fully saturated rings. The molecule has 1 amide bonds. The summed E-state index contributed by atoms with van der Waals surface area (Å²) in [5.74, 6) is 0.995. The van der Waals surface area contributed by atoms with Crippen LogP contribution in [0.25, 0.3) is 10.9 Å². The Labute approximate surface area is 185 Å². The van der Waals surface area contributed by atoms with Crippen molar-refractivity contribution in [1.82, 2.24) is 20.2 Å². The molecule has 156 valence electrons. The van der Waals surface area contributed by atoms with Gasteiger partial charge in [0, 0.05) is 30.0 Å². The zero-order valence-corrected chi connectivity index (χ0v) is 18.1. The second kappa shape index (κ2) is 10.2. The third-order valence-electron chi connectivity index (χ3n) is 4.86. The van der Waals surface area contributed by atoms with Gasteiger partial charge in [-0.25, -0.2) is 9.97 Å². The summed E-state index contributed by atoms with van der Waals surface area (Å²) in [5.41, 5.74) is 1.80. The lowest BCUT2D eigenvalue weighted by molar-refractivity contribution is -0.118. The molecule has 0 saturated carbocycles. The number of ether oxygens (including phenoxy) is 1. The number of amides is 1. The number of para-hydroxylation sites is 1. The number of hydrogen-bond acceptors (Lipinski definition) is 6. The molecule has 1 aromatic heterocycles. The van der Waals surface area contributed by atoms with Gasteiger partial charge < -0.3 is 10.1 Å². The van der Waals surface area contributed by atoms with E-state index in [1.807, 2.05) is 48.5 Å². The van der Waals surface area contributed by atoms with Gasteiger partial charge in [0.25, 0.3) is 0 Å². The van der Waals surface area contributed by atoms with Crippen molar-refractivity contribution in [2.75, 3.05) is 32.1 Å². The van der Waals surface area contributed by atoms with Gasteiger partial charge in [-0.2, -0.15) is 0 Å². The van der Waals surface area contributed by atoms with E-state index >= 15 is 0 Å². The smallest absolute Gasteiger partial charge is 0.230 e. The quantitative estimate of drug-likeness (QED) is 0.446. The number of fused-ring (bicyclic) bond motifs is 1. The van der Waals surface area contributed by atoms with Gasteiger partial charge in [0.15, 0.2) is 0 Å². The highest BCUT2D eigenvalue weighted by Crippen LogP contribution is 2.25. The summed E-state index contributed by atoms with van der Waals surface area (Å²) in [6.07, 6.45) is 0. The first-order valence-electron chi connectivity index (χ1n) is 9.88. The number of aromatic nitrogens is 2. The molecule has 2 aromatic carbocycles. The zero-order valence-electron chi connectivity index (χ0n) is 16.5. The number of morpholine rings is 1. The molecular formula is C22H23ClN4O2S. The van der Waals surface area contributed by atoms with Crippen LogP contribution in [-0.2, 0) is 22.6 Å². The van der Waals surface area contributed by atoms with Crippen LogP contribution in [0.3, 0.4) is 0 Å². The summed E-state index contributed by atoms with van der Waals surface area (Å²) >= 11 is 7.59. The van der Waals surface area contributed by atoms with Crippen molar-refractivity contribution in [2.24, 2.45) is 0 Å². The summed E-state index contributed by atoms with van der Waals surface area (Å²) in [7, 11) is 0. The SMILES string of the molecule is O=C(CSc1nc(CN2CCOCC2)nc2ccccc12)NCc1ccccc1Cl. The van der Waals surface area contributed by atoms with Crippen LogP contribution in [0, 0.1) is 0 Å². The largest absolute Gasteiger partial charge is 0.379 e. The first-order chi connectivity index (χ1) is 14.7. The molecule has 1 aliphatic heterocycles. The van der Waals surface area contributed by atoms with Crippen molar-refractivity contribution in [2.45, 2.75) is 18.1 Å². The Morgan fingerprint density at radius 2 is 1.87 bits per heavy atom. The van der Waals surface area contributed by atoms with E-state index in [1.165, 1.54) is 11.8 Å². The van der Waals surface area contributed by atoms with Crippen LogP contribution in [0.15, 0.2) is 53.6 Å². The maximum atomic E-state index is 12.4. The lowest BCUT2D eigenvalue weighted by Gasteiger charge is -2.25. The maximum Gasteiger partial charge on any atom is 0.230 e. The lowest BCUT2D eigenvalue weighted by Crippen LogP contribution is -2.36. The zero-order chi connectivity index (χ0) is 20.8. The second-order valence-corrected chi connectivity index (χ2v) is 8.38. The van der Waals surface area contributed by atoms with Crippen molar-refractivity contribution in [3.63, 3.8) is 0 Å². The summed E-state index contributed by atoms with van der Waals surface area (Å²) in [6, 6.07) is 15.4. The van der Waals surface area contributed by atoms with E-state index in [-0.39, 0.29) is 11.7 Å². The third-order valence-corrected chi connectivity index (χ3v) is 6.22. The van der Waals surface area contributed by atoms with Crippen molar-refractivity contribution in [3.05, 3.63) is 64.9 Å². The van der Waals surface area contributed by atoms with Crippen LogP contribution in [0.2, 0.25) is 5.02 Å². The Hall–Kier alpha value is -2.19. The fourth-order valence-corrected chi connectivity index (χ4v) is 4.32. The van der Waals surface area contributed by atoms with Crippen molar-refractivity contribution in [3.8, 4) is 0 Å². The number of nitrogens with one attached hydrogen (secondary N) is 1. The molecule has 0 unspecified atom stereocenters. The van der Waals surface area contributed by atoms with E-state index in [0.29, 0.717) is 18.1 Å². The molecule has 0 radical (unpaired) electrons. The molecule has 6 nitrogen and oxygen atoms in total. The van der Waals surface area contributed by atoms with Gasteiger partial charge in [-0.15, -0.1) is 0 Å². The Morgan fingerprint density at radius 3 is 2.70 bits per heavy atom. The number of carbonyl (C=O) groups is 1. The number of halogens is 1. The Bertz CT molecular complexity index is 1030. The van der Waals surface area contributed by atoms with Crippen molar-refractivity contribution >= 4 is 40.2 Å².